The van der Waals surface area contributed by atoms with E-state index in [1.54, 1.807) is 11.1 Å². The molecule has 2 heteroatoms. The first-order chi connectivity index (χ1) is 7.79. The van der Waals surface area contributed by atoms with Crippen LogP contribution in [0.1, 0.15) is 29.5 Å². The van der Waals surface area contributed by atoms with Crippen molar-refractivity contribution < 1.29 is 5.11 Å². The first-order valence-electron chi connectivity index (χ1n) is 6.19. The molecule has 0 aromatic heterocycles. The Hall–Kier alpha value is -0.860. The molecule has 1 aromatic rings. The van der Waals surface area contributed by atoms with Crippen LogP contribution in [0.2, 0.25) is 0 Å². The molecule has 0 aliphatic heterocycles. The second kappa shape index (κ2) is 5.46. The predicted octanol–water partition coefficient (Wildman–Crippen LogP) is 1.99. The van der Waals surface area contributed by atoms with E-state index in [1.165, 1.54) is 31.2 Å². The molecule has 0 unspecified atom stereocenters. The highest BCUT2D eigenvalue weighted by atomic mass is 16.3. The van der Waals surface area contributed by atoms with Gasteiger partial charge in [0.05, 0.1) is 6.61 Å². The molecular weight excluding hydrogens is 198 g/mol. The zero-order valence-corrected chi connectivity index (χ0v) is 10.1. The third kappa shape index (κ3) is 2.83. The third-order valence-corrected chi connectivity index (χ3v) is 3.35. The van der Waals surface area contributed by atoms with Gasteiger partial charge in [-0.15, -0.1) is 0 Å². The molecule has 0 bridgehead atoms. The Labute approximate surface area is 97.9 Å². The number of fused-ring (bicyclic) bond motifs is 1. The maximum absolute atomic E-state index is 8.87. The molecule has 0 atom stereocenters. The van der Waals surface area contributed by atoms with Crippen molar-refractivity contribution >= 4 is 0 Å². The second-order valence-electron chi connectivity index (χ2n) is 4.77. The number of hydrogen-bond donors (Lipinski definition) is 1. The first kappa shape index (κ1) is 11.6. The van der Waals surface area contributed by atoms with Crippen LogP contribution in [-0.2, 0) is 19.4 Å². The van der Waals surface area contributed by atoms with Crippen LogP contribution in [0.25, 0.3) is 0 Å². The van der Waals surface area contributed by atoms with Gasteiger partial charge in [0.25, 0.3) is 0 Å². The zero-order chi connectivity index (χ0) is 11.4. The molecule has 0 radical (unpaired) electrons. The van der Waals surface area contributed by atoms with E-state index >= 15 is 0 Å². The standard InChI is InChI=1S/C14H21NO/c1-15(8-9-16)11-12-6-7-13-4-2-3-5-14(13)10-12/h6-7,10,16H,2-5,8-9,11H2,1H3. The normalized spacial score (nSPS) is 15.2. The molecule has 88 valence electrons. The molecule has 16 heavy (non-hydrogen) atoms. The Bertz CT molecular complexity index is 349. The van der Waals surface area contributed by atoms with Gasteiger partial charge in [-0.3, -0.25) is 4.90 Å². The Morgan fingerprint density at radius 1 is 1.19 bits per heavy atom. The average Bonchev–Trinajstić information content (AvgIpc) is 2.29. The summed E-state index contributed by atoms with van der Waals surface area (Å²) in [5, 5.41) is 8.87. The molecule has 0 saturated heterocycles. The molecule has 0 saturated carbocycles. The number of hydrogen-bond acceptors (Lipinski definition) is 2. The van der Waals surface area contributed by atoms with Gasteiger partial charge >= 0.3 is 0 Å². The van der Waals surface area contributed by atoms with Crippen molar-refractivity contribution in [2.75, 3.05) is 20.2 Å². The van der Waals surface area contributed by atoms with Crippen LogP contribution < -0.4 is 0 Å². The first-order valence-corrected chi connectivity index (χ1v) is 6.19. The number of nitrogens with zero attached hydrogens (tertiary/aromatic N) is 1. The van der Waals surface area contributed by atoms with Crippen molar-refractivity contribution in [2.45, 2.75) is 32.2 Å². The van der Waals surface area contributed by atoms with Crippen LogP contribution in [0.4, 0.5) is 0 Å². The fraction of sp³-hybridized carbons (Fsp3) is 0.571. The number of likely N-dealkylation sites (N-methyl/N-ethyl adjacent to an activating group) is 1. The Kier molecular flexibility index (Phi) is 3.97. The van der Waals surface area contributed by atoms with Gasteiger partial charge in [0.1, 0.15) is 0 Å². The van der Waals surface area contributed by atoms with Gasteiger partial charge in [-0.1, -0.05) is 18.2 Å². The minimum absolute atomic E-state index is 0.238. The van der Waals surface area contributed by atoms with Crippen LogP contribution in [0.3, 0.4) is 0 Å². The van der Waals surface area contributed by atoms with E-state index in [0.29, 0.717) is 0 Å². The van der Waals surface area contributed by atoms with Crippen LogP contribution in [-0.4, -0.2) is 30.2 Å². The summed E-state index contributed by atoms with van der Waals surface area (Å²) in [5.41, 5.74) is 4.46. The summed E-state index contributed by atoms with van der Waals surface area (Å²) in [6.45, 7) is 1.92. The van der Waals surface area contributed by atoms with Crippen LogP contribution in [0, 0.1) is 0 Å². The SMILES string of the molecule is CN(CCO)Cc1ccc2c(c1)CCCC2. The Morgan fingerprint density at radius 2 is 1.94 bits per heavy atom. The summed E-state index contributed by atoms with van der Waals surface area (Å²) < 4.78 is 0. The summed E-state index contributed by atoms with van der Waals surface area (Å²) in [6, 6.07) is 6.87. The molecular formula is C14H21NO. The monoisotopic (exact) mass is 219 g/mol. The summed E-state index contributed by atoms with van der Waals surface area (Å²) in [7, 11) is 2.05. The molecule has 1 aliphatic carbocycles. The van der Waals surface area contributed by atoms with Gasteiger partial charge in [-0.05, 0) is 49.4 Å². The van der Waals surface area contributed by atoms with E-state index in [4.69, 9.17) is 5.11 Å². The summed E-state index contributed by atoms with van der Waals surface area (Å²) in [6.07, 6.45) is 5.18. The topological polar surface area (TPSA) is 23.5 Å². The maximum Gasteiger partial charge on any atom is 0.0558 e. The van der Waals surface area contributed by atoms with E-state index in [2.05, 4.69) is 30.1 Å². The lowest BCUT2D eigenvalue weighted by Crippen LogP contribution is -2.21. The molecule has 2 rings (SSSR count). The van der Waals surface area contributed by atoms with Gasteiger partial charge in [-0.25, -0.2) is 0 Å². The molecule has 2 nitrogen and oxygen atoms in total. The van der Waals surface area contributed by atoms with Gasteiger partial charge in [0.2, 0.25) is 0 Å². The van der Waals surface area contributed by atoms with E-state index in [-0.39, 0.29) is 6.61 Å². The van der Waals surface area contributed by atoms with Gasteiger partial charge < -0.3 is 5.11 Å². The molecule has 1 aliphatic rings. The van der Waals surface area contributed by atoms with Crippen LogP contribution in [0.15, 0.2) is 18.2 Å². The lowest BCUT2D eigenvalue weighted by atomic mass is 9.90. The maximum atomic E-state index is 8.87. The molecule has 0 fully saturated rings. The minimum Gasteiger partial charge on any atom is -0.395 e. The van der Waals surface area contributed by atoms with E-state index in [9.17, 15) is 0 Å². The summed E-state index contributed by atoms with van der Waals surface area (Å²) >= 11 is 0. The van der Waals surface area contributed by atoms with Gasteiger partial charge in [0.15, 0.2) is 0 Å². The smallest absolute Gasteiger partial charge is 0.0558 e. The van der Waals surface area contributed by atoms with E-state index < -0.39 is 0 Å². The van der Waals surface area contributed by atoms with Crippen molar-refractivity contribution in [3.05, 3.63) is 34.9 Å². The van der Waals surface area contributed by atoms with Crippen molar-refractivity contribution in [3.63, 3.8) is 0 Å². The van der Waals surface area contributed by atoms with Crippen LogP contribution in [0.5, 0.6) is 0 Å². The molecule has 1 N–H and O–H groups in total. The van der Waals surface area contributed by atoms with Crippen molar-refractivity contribution in [1.29, 1.82) is 0 Å². The molecule has 1 aromatic carbocycles. The molecule has 0 spiro atoms. The number of aliphatic hydroxyl groups is 1. The fourth-order valence-corrected chi connectivity index (χ4v) is 2.45. The van der Waals surface area contributed by atoms with Crippen molar-refractivity contribution in [3.8, 4) is 0 Å². The highest BCUT2D eigenvalue weighted by Gasteiger charge is 2.09. The van der Waals surface area contributed by atoms with Crippen molar-refractivity contribution in [2.24, 2.45) is 0 Å². The average molecular weight is 219 g/mol. The molecule has 0 amide bonds. The van der Waals surface area contributed by atoms with Gasteiger partial charge in [0, 0.05) is 13.1 Å². The highest BCUT2D eigenvalue weighted by molar-refractivity contribution is 5.33. The number of rotatable bonds is 4. The summed E-state index contributed by atoms with van der Waals surface area (Å²) in [5.74, 6) is 0. The highest BCUT2D eigenvalue weighted by Crippen LogP contribution is 2.22. The molecule has 0 heterocycles. The van der Waals surface area contributed by atoms with Crippen LogP contribution >= 0.6 is 0 Å². The summed E-state index contributed by atoms with van der Waals surface area (Å²) in [4.78, 5) is 2.16. The lowest BCUT2D eigenvalue weighted by Gasteiger charge is -2.19. The van der Waals surface area contributed by atoms with Crippen molar-refractivity contribution in [1.82, 2.24) is 4.90 Å². The second-order valence-corrected chi connectivity index (χ2v) is 4.77. The lowest BCUT2D eigenvalue weighted by molar-refractivity contribution is 0.217. The predicted molar refractivity (Wildman–Crippen MR) is 66.5 cm³/mol. The Morgan fingerprint density at radius 3 is 2.69 bits per heavy atom. The number of aliphatic hydroxyl groups excluding tert-OH is 1. The third-order valence-electron chi connectivity index (χ3n) is 3.35. The number of benzene rings is 1. The largest absolute Gasteiger partial charge is 0.395 e. The van der Waals surface area contributed by atoms with E-state index in [0.717, 1.165) is 13.1 Å². The fourth-order valence-electron chi connectivity index (χ4n) is 2.45. The Balaban J connectivity index is 2.05. The van der Waals surface area contributed by atoms with Gasteiger partial charge in [-0.2, -0.15) is 0 Å². The minimum atomic E-state index is 0.238. The quantitative estimate of drug-likeness (QED) is 0.837. The number of aryl methyl sites for hydroxylation is 2. The zero-order valence-electron chi connectivity index (χ0n) is 10.1. The van der Waals surface area contributed by atoms with E-state index in [1.807, 2.05) is 0 Å².